The second-order valence-electron chi connectivity index (χ2n) is 7.69. The predicted octanol–water partition coefficient (Wildman–Crippen LogP) is 7.51. The molecule has 0 bridgehead atoms. The second kappa shape index (κ2) is 7.89. The minimum absolute atomic E-state index is 0.300. The molecular formula is C25H21BrClNO. The molecule has 0 amide bonds. The van der Waals surface area contributed by atoms with Gasteiger partial charge in [0, 0.05) is 21.1 Å². The fourth-order valence-electron chi connectivity index (χ4n) is 4.41. The number of rotatable bonds is 4. The van der Waals surface area contributed by atoms with Crippen LogP contribution >= 0.6 is 27.5 Å². The van der Waals surface area contributed by atoms with Gasteiger partial charge in [0.15, 0.2) is 0 Å². The lowest BCUT2D eigenvalue weighted by Crippen LogP contribution is -2.29. The van der Waals surface area contributed by atoms with Crippen molar-refractivity contribution < 1.29 is 4.74 Å². The van der Waals surface area contributed by atoms with E-state index in [1.54, 1.807) is 0 Å². The van der Waals surface area contributed by atoms with E-state index in [0.29, 0.717) is 24.5 Å². The van der Waals surface area contributed by atoms with Crippen LogP contribution in [0.5, 0.6) is 5.75 Å². The van der Waals surface area contributed by atoms with Gasteiger partial charge < -0.3 is 10.1 Å². The van der Waals surface area contributed by atoms with Crippen LogP contribution in [0.2, 0.25) is 5.02 Å². The van der Waals surface area contributed by atoms with Gasteiger partial charge in [0.2, 0.25) is 0 Å². The summed E-state index contributed by atoms with van der Waals surface area (Å²) in [5.74, 6) is 1.89. The molecule has 0 saturated carbocycles. The smallest absolute Gasteiger partial charge is 0.119 e. The highest BCUT2D eigenvalue weighted by atomic mass is 79.9. The van der Waals surface area contributed by atoms with E-state index in [0.717, 1.165) is 27.2 Å². The maximum absolute atomic E-state index is 5.95. The number of ether oxygens (including phenoxy) is 1. The minimum atomic E-state index is 0.300. The quantitative estimate of drug-likeness (QED) is 0.402. The molecule has 0 unspecified atom stereocenters. The highest BCUT2D eigenvalue weighted by molar-refractivity contribution is 9.10. The van der Waals surface area contributed by atoms with Gasteiger partial charge in [0.05, 0.1) is 6.04 Å². The van der Waals surface area contributed by atoms with E-state index in [4.69, 9.17) is 16.3 Å². The lowest BCUT2D eigenvalue weighted by atomic mass is 9.77. The van der Waals surface area contributed by atoms with Gasteiger partial charge in [-0.1, -0.05) is 63.9 Å². The Kier molecular flexibility index (Phi) is 5.11. The van der Waals surface area contributed by atoms with E-state index >= 15 is 0 Å². The zero-order chi connectivity index (χ0) is 19.8. The van der Waals surface area contributed by atoms with Gasteiger partial charge in [0.1, 0.15) is 12.4 Å². The summed E-state index contributed by atoms with van der Waals surface area (Å²) < 4.78 is 7.09. The zero-order valence-corrected chi connectivity index (χ0v) is 18.2. The van der Waals surface area contributed by atoms with Crippen molar-refractivity contribution in [2.75, 3.05) is 5.32 Å². The number of hydrogen-bond acceptors (Lipinski definition) is 2. The average molecular weight is 467 g/mol. The number of anilines is 1. The summed E-state index contributed by atoms with van der Waals surface area (Å²) >= 11 is 9.56. The summed E-state index contributed by atoms with van der Waals surface area (Å²) in [6.07, 6.45) is 5.79. The van der Waals surface area contributed by atoms with Gasteiger partial charge in [-0.05, 0) is 71.5 Å². The Balaban J connectivity index is 1.33. The van der Waals surface area contributed by atoms with E-state index in [1.165, 1.54) is 16.8 Å². The van der Waals surface area contributed by atoms with E-state index in [1.807, 2.05) is 24.3 Å². The number of hydrogen-bond donors (Lipinski definition) is 1. The van der Waals surface area contributed by atoms with Crippen LogP contribution in [0, 0.1) is 5.92 Å². The SMILES string of the molecule is Clc1ccc(COc2ccc([C@@H]3Nc4ccc(Br)cc4[C@@H]4C=CC[C@@H]43)cc2)cc1. The minimum Gasteiger partial charge on any atom is -0.489 e. The summed E-state index contributed by atoms with van der Waals surface area (Å²) in [6.45, 7) is 0.537. The average Bonchev–Trinajstić information content (AvgIpc) is 3.24. The first-order valence-corrected chi connectivity index (χ1v) is 11.0. The molecule has 2 nitrogen and oxygen atoms in total. The first kappa shape index (κ1) is 18.8. The van der Waals surface area contributed by atoms with Crippen molar-refractivity contribution in [3.05, 3.63) is 105 Å². The molecule has 1 N–H and O–H groups in total. The van der Waals surface area contributed by atoms with Crippen LogP contribution in [0.15, 0.2) is 83.4 Å². The van der Waals surface area contributed by atoms with E-state index in [-0.39, 0.29) is 0 Å². The van der Waals surface area contributed by atoms with E-state index in [2.05, 4.69) is 75.9 Å². The normalized spacial score (nSPS) is 21.9. The second-order valence-corrected chi connectivity index (χ2v) is 9.04. The molecule has 1 aliphatic heterocycles. The maximum Gasteiger partial charge on any atom is 0.119 e. The predicted molar refractivity (Wildman–Crippen MR) is 123 cm³/mol. The Morgan fingerprint density at radius 1 is 1.00 bits per heavy atom. The number of allylic oxidation sites excluding steroid dienone is 2. The summed E-state index contributed by atoms with van der Waals surface area (Å²) in [5, 5.41) is 4.52. The molecule has 2 aliphatic rings. The van der Waals surface area contributed by atoms with Crippen molar-refractivity contribution in [2.24, 2.45) is 5.92 Å². The van der Waals surface area contributed by atoms with Crippen LogP contribution in [-0.2, 0) is 6.61 Å². The molecule has 0 spiro atoms. The Morgan fingerprint density at radius 3 is 2.59 bits per heavy atom. The van der Waals surface area contributed by atoms with Gasteiger partial charge in [-0.15, -0.1) is 0 Å². The maximum atomic E-state index is 5.95. The van der Waals surface area contributed by atoms with Gasteiger partial charge in [-0.3, -0.25) is 0 Å². The van der Waals surface area contributed by atoms with E-state index in [9.17, 15) is 0 Å². The van der Waals surface area contributed by atoms with Crippen molar-refractivity contribution >= 4 is 33.2 Å². The number of halogens is 2. The third-order valence-electron chi connectivity index (χ3n) is 5.88. The molecule has 146 valence electrons. The number of benzene rings is 3. The van der Waals surface area contributed by atoms with Crippen LogP contribution in [0.3, 0.4) is 0 Å². The molecule has 0 fully saturated rings. The summed E-state index contributed by atoms with van der Waals surface area (Å²) in [5.41, 5.74) is 5.03. The third-order valence-corrected chi connectivity index (χ3v) is 6.63. The third kappa shape index (κ3) is 3.82. The largest absolute Gasteiger partial charge is 0.489 e. The van der Waals surface area contributed by atoms with Crippen LogP contribution in [0.25, 0.3) is 0 Å². The lowest BCUT2D eigenvalue weighted by molar-refractivity contribution is 0.306. The Bertz CT molecular complexity index is 1050. The highest BCUT2D eigenvalue weighted by Gasteiger charge is 2.37. The van der Waals surface area contributed by atoms with Crippen LogP contribution in [0.4, 0.5) is 5.69 Å². The van der Waals surface area contributed by atoms with Crippen LogP contribution < -0.4 is 10.1 Å². The molecule has 5 rings (SSSR count). The molecular weight excluding hydrogens is 446 g/mol. The number of fused-ring (bicyclic) bond motifs is 3. The van der Waals surface area contributed by atoms with Crippen molar-refractivity contribution in [3.63, 3.8) is 0 Å². The van der Waals surface area contributed by atoms with Crippen molar-refractivity contribution in [1.82, 2.24) is 0 Å². The van der Waals surface area contributed by atoms with Crippen molar-refractivity contribution in [2.45, 2.75) is 25.0 Å². The molecule has 1 heterocycles. The zero-order valence-electron chi connectivity index (χ0n) is 15.8. The molecule has 3 aromatic rings. The van der Waals surface area contributed by atoms with Crippen molar-refractivity contribution in [3.8, 4) is 5.75 Å². The molecule has 0 saturated heterocycles. The molecule has 3 atom stereocenters. The fourth-order valence-corrected chi connectivity index (χ4v) is 4.92. The van der Waals surface area contributed by atoms with Crippen LogP contribution in [0.1, 0.15) is 35.1 Å². The molecule has 1 aliphatic carbocycles. The molecule has 3 aromatic carbocycles. The summed E-state index contributed by atoms with van der Waals surface area (Å²) in [7, 11) is 0. The Morgan fingerprint density at radius 2 is 1.79 bits per heavy atom. The molecule has 0 aromatic heterocycles. The molecule has 0 radical (unpaired) electrons. The van der Waals surface area contributed by atoms with Gasteiger partial charge in [-0.25, -0.2) is 0 Å². The molecule has 29 heavy (non-hydrogen) atoms. The monoisotopic (exact) mass is 465 g/mol. The van der Waals surface area contributed by atoms with E-state index < -0.39 is 0 Å². The van der Waals surface area contributed by atoms with Gasteiger partial charge >= 0.3 is 0 Å². The van der Waals surface area contributed by atoms with Gasteiger partial charge in [0.25, 0.3) is 0 Å². The summed E-state index contributed by atoms with van der Waals surface area (Å²) in [6, 6.07) is 23.1. The molecule has 4 heteroatoms. The van der Waals surface area contributed by atoms with Gasteiger partial charge in [-0.2, -0.15) is 0 Å². The van der Waals surface area contributed by atoms with Crippen molar-refractivity contribution in [1.29, 1.82) is 0 Å². The first-order valence-electron chi connectivity index (χ1n) is 9.87. The highest BCUT2D eigenvalue weighted by Crippen LogP contribution is 2.50. The topological polar surface area (TPSA) is 21.3 Å². The Hall–Kier alpha value is -2.23. The fraction of sp³-hybridized carbons (Fsp3) is 0.200. The Labute approximate surface area is 184 Å². The lowest BCUT2D eigenvalue weighted by Gasteiger charge is -2.37. The number of nitrogens with one attached hydrogen (secondary N) is 1. The first-order chi connectivity index (χ1) is 14.2. The summed E-state index contributed by atoms with van der Waals surface area (Å²) in [4.78, 5) is 0. The standard InChI is InChI=1S/C25H21BrClNO/c26-18-8-13-24-23(14-18)21-2-1-3-22(21)25(28-24)17-6-11-20(12-7-17)29-15-16-4-9-19(27)10-5-16/h1-2,4-14,21-22,25,28H,3,15H2/t21-,22+,25+/m1/s1. The van der Waals surface area contributed by atoms with Crippen LogP contribution in [-0.4, -0.2) is 0 Å².